The first-order chi connectivity index (χ1) is 9.52. The van der Waals surface area contributed by atoms with E-state index in [1.165, 1.54) is 25.4 Å². The van der Waals surface area contributed by atoms with Crippen LogP contribution in [0.15, 0.2) is 30.5 Å². The number of halogens is 2. The molecule has 0 unspecified atom stereocenters. The Morgan fingerprint density at radius 2 is 2.05 bits per heavy atom. The van der Waals surface area contributed by atoms with Gasteiger partial charge in [-0.25, -0.2) is 13.8 Å². The lowest BCUT2D eigenvalue weighted by atomic mass is 10.1. The van der Waals surface area contributed by atoms with Crippen LogP contribution in [0.5, 0.6) is 5.88 Å². The Hall–Kier alpha value is -2.70. The molecule has 1 heterocycles. The van der Waals surface area contributed by atoms with Crippen molar-refractivity contribution in [3.05, 3.63) is 47.7 Å². The molecule has 0 aliphatic rings. The van der Waals surface area contributed by atoms with Gasteiger partial charge in [-0.1, -0.05) is 0 Å². The fraction of sp³-hybridized carbons (Fsp3) is 0.0769. The fourth-order valence-electron chi connectivity index (χ4n) is 1.55. The summed E-state index contributed by atoms with van der Waals surface area (Å²) in [5, 5.41) is 2.33. The molecule has 2 rings (SSSR count). The lowest BCUT2D eigenvalue weighted by Crippen LogP contribution is -2.17. The van der Waals surface area contributed by atoms with Crippen LogP contribution < -0.4 is 15.8 Å². The number of amides is 1. The van der Waals surface area contributed by atoms with Crippen LogP contribution >= 0.6 is 0 Å². The maximum Gasteiger partial charge on any atom is 0.261 e. The van der Waals surface area contributed by atoms with E-state index in [-0.39, 0.29) is 11.4 Å². The smallest absolute Gasteiger partial charge is 0.261 e. The van der Waals surface area contributed by atoms with E-state index >= 15 is 0 Å². The molecule has 0 aliphatic carbocycles. The number of carbonyl (C=O) groups is 1. The Kier molecular flexibility index (Phi) is 3.79. The molecule has 20 heavy (non-hydrogen) atoms. The summed E-state index contributed by atoms with van der Waals surface area (Å²) < 4.78 is 32.0. The monoisotopic (exact) mass is 279 g/mol. The summed E-state index contributed by atoms with van der Waals surface area (Å²) in [6.45, 7) is 0. The normalized spacial score (nSPS) is 10.2. The van der Waals surface area contributed by atoms with Crippen molar-refractivity contribution < 1.29 is 18.3 Å². The third-order valence-electron chi connectivity index (χ3n) is 2.55. The molecule has 0 radical (unpaired) electrons. The number of carbonyl (C=O) groups excluding carboxylic acids is 1. The number of rotatable bonds is 3. The highest BCUT2D eigenvalue weighted by atomic mass is 19.1. The van der Waals surface area contributed by atoms with Gasteiger partial charge in [-0.15, -0.1) is 0 Å². The summed E-state index contributed by atoms with van der Waals surface area (Å²) >= 11 is 0. The predicted molar refractivity (Wildman–Crippen MR) is 69.5 cm³/mol. The molecule has 1 aromatic carbocycles. The number of ether oxygens (including phenoxy) is 1. The molecule has 0 bridgehead atoms. The number of nitrogens with two attached hydrogens (primary N) is 1. The van der Waals surface area contributed by atoms with Crippen LogP contribution in [0, 0.1) is 11.6 Å². The number of pyridine rings is 1. The summed E-state index contributed by atoms with van der Waals surface area (Å²) in [7, 11) is 1.44. The van der Waals surface area contributed by atoms with Gasteiger partial charge in [0, 0.05) is 6.07 Å². The van der Waals surface area contributed by atoms with Crippen LogP contribution in [-0.2, 0) is 0 Å². The Balaban J connectivity index is 2.26. The maximum atomic E-state index is 13.7. The summed E-state index contributed by atoms with van der Waals surface area (Å²) in [5.41, 5.74) is 4.55. The lowest BCUT2D eigenvalue weighted by Gasteiger charge is -2.08. The average Bonchev–Trinajstić information content (AvgIpc) is 2.44. The molecule has 3 N–H and O–H groups in total. The van der Waals surface area contributed by atoms with Crippen molar-refractivity contribution >= 4 is 17.3 Å². The number of methoxy groups -OCH3 is 1. The first-order valence-corrected chi connectivity index (χ1v) is 5.57. The number of anilines is 2. The second kappa shape index (κ2) is 5.52. The Labute approximate surface area is 113 Å². The number of hydrogen-bond donors (Lipinski definition) is 2. The summed E-state index contributed by atoms with van der Waals surface area (Å²) in [6.07, 6.45) is 1.30. The van der Waals surface area contributed by atoms with Crippen LogP contribution in [0.25, 0.3) is 0 Å². The van der Waals surface area contributed by atoms with Crippen molar-refractivity contribution in [3.63, 3.8) is 0 Å². The van der Waals surface area contributed by atoms with Crippen molar-refractivity contribution in [2.75, 3.05) is 18.2 Å². The SMILES string of the molecule is COc1ccc(NC(=O)c2c(F)ccc(N)c2F)cn1. The van der Waals surface area contributed by atoms with Crippen LogP contribution in [0.4, 0.5) is 20.2 Å². The van der Waals surface area contributed by atoms with Crippen molar-refractivity contribution in [1.29, 1.82) is 0 Å². The van der Waals surface area contributed by atoms with E-state index in [1.54, 1.807) is 0 Å². The van der Waals surface area contributed by atoms with E-state index in [2.05, 4.69) is 10.3 Å². The van der Waals surface area contributed by atoms with E-state index in [9.17, 15) is 13.6 Å². The summed E-state index contributed by atoms with van der Waals surface area (Å²) in [4.78, 5) is 15.7. The lowest BCUT2D eigenvalue weighted by molar-refractivity contribution is 0.101. The number of nitrogens with one attached hydrogen (secondary N) is 1. The highest BCUT2D eigenvalue weighted by Gasteiger charge is 2.19. The van der Waals surface area contributed by atoms with Gasteiger partial charge in [-0.05, 0) is 18.2 Å². The first-order valence-electron chi connectivity index (χ1n) is 5.57. The molecule has 0 atom stereocenters. The van der Waals surface area contributed by atoms with E-state index in [4.69, 9.17) is 10.5 Å². The van der Waals surface area contributed by atoms with Gasteiger partial charge in [0.05, 0.1) is 24.7 Å². The van der Waals surface area contributed by atoms with Crippen molar-refractivity contribution in [3.8, 4) is 5.88 Å². The molecule has 0 saturated heterocycles. The van der Waals surface area contributed by atoms with Crippen molar-refractivity contribution in [2.45, 2.75) is 0 Å². The van der Waals surface area contributed by atoms with Gasteiger partial charge >= 0.3 is 0 Å². The van der Waals surface area contributed by atoms with Crippen LogP contribution in [-0.4, -0.2) is 18.0 Å². The second-order valence-electron chi connectivity index (χ2n) is 3.87. The molecule has 1 aromatic heterocycles. The minimum Gasteiger partial charge on any atom is -0.481 e. The molecule has 0 aliphatic heterocycles. The van der Waals surface area contributed by atoms with Gasteiger partial charge in [0.15, 0.2) is 5.82 Å². The largest absolute Gasteiger partial charge is 0.481 e. The number of aromatic nitrogens is 1. The minimum absolute atomic E-state index is 0.275. The molecular formula is C13H11F2N3O2. The molecule has 0 saturated carbocycles. The minimum atomic E-state index is -1.09. The van der Waals surface area contributed by atoms with E-state index in [1.807, 2.05) is 0 Å². The summed E-state index contributed by atoms with van der Waals surface area (Å²) in [6, 6.07) is 4.98. The quantitative estimate of drug-likeness (QED) is 0.844. The van der Waals surface area contributed by atoms with Crippen molar-refractivity contribution in [1.82, 2.24) is 4.98 Å². The second-order valence-corrected chi connectivity index (χ2v) is 3.87. The van der Waals surface area contributed by atoms with Gasteiger partial charge in [0.1, 0.15) is 11.4 Å². The Bertz CT molecular complexity index is 645. The molecule has 2 aromatic rings. The first kappa shape index (κ1) is 13.7. The maximum absolute atomic E-state index is 13.7. The van der Waals surface area contributed by atoms with Gasteiger partial charge in [-0.2, -0.15) is 0 Å². The zero-order valence-electron chi connectivity index (χ0n) is 10.5. The Morgan fingerprint density at radius 1 is 1.30 bits per heavy atom. The van der Waals surface area contributed by atoms with Gasteiger partial charge in [0.2, 0.25) is 5.88 Å². The highest BCUT2D eigenvalue weighted by molar-refractivity contribution is 6.05. The van der Waals surface area contributed by atoms with Crippen LogP contribution in [0.1, 0.15) is 10.4 Å². The van der Waals surface area contributed by atoms with Crippen LogP contribution in [0.2, 0.25) is 0 Å². The fourth-order valence-corrected chi connectivity index (χ4v) is 1.55. The number of hydrogen-bond acceptors (Lipinski definition) is 4. The zero-order valence-corrected chi connectivity index (χ0v) is 10.5. The number of nitrogen functional groups attached to an aromatic ring is 1. The molecule has 1 amide bonds. The molecule has 104 valence electrons. The van der Waals surface area contributed by atoms with Gasteiger partial charge < -0.3 is 15.8 Å². The zero-order chi connectivity index (χ0) is 14.7. The third-order valence-corrected chi connectivity index (χ3v) is 2.55. The Morgan fingerprint density at radius 3 is 2.65 bits per heavy atom. The molecular weight excluding hydrogens is 268 g/mol. The van der Waals surface area contributed by atoms with E-state index in [0.717, 1.165) is 12.1 Å². The van der Waals surface area contributed by atoms with Gasteiger partial charge in [-0.3, -0.25) is 4.79 Å². The average molecular weight is 279 g/mol. The standard InChI is InChI=1S/C13H11F2N3O2/c1-20-10-5-2-7(6-17-10)18-13(19)11-8(14)3-4-9(16)12(11)15/h2-6H,16H2,1H3,(H,18,19). The molecule has 7 heteroatoms. The molecule has 0 fully saturated rings. The summed E-state index contributed by atoms with van der Waals surface area (Å²) in [5.74, 6) is -2.68. The third kappa shape index (κ3) is 2.66. The predicted octanol–water partition coefficient (Wildman–Crippen LogP) is 2.20. The van der Waals surface area contributed by atoms with Gasteiger partial charge in [0.25, 0.3) is 5.91 Å². The van der Waals surface area contributed by atoms with Crippen molar-refractivity contribution in [2.24, 2.45) is 0 Å². The topological polar surface area (TPSA) is 77.2 Å². The van der Waals surface area contributed by atoms with E-state index < -0.39 is 23.1 Å². The highest BCUT2D eigenvalue weighted by Crippen LogP contribution is 2.20. The number of nitrogens with zero attached hydrogens (tertiary/aromatic N) is 1. The molecule has 5 nitrogen and oxygen atoms in total. The van der Waals surface area contributed by atoms with E-state index in [0.29, 0.717) is 5.88 Å². The molecule has 0 spiro atoms. The van der Waals surface area contributed by atoms with Crippen LogP contribution in [0.3, 0.4) is 0 Å². The number of benzene rings is 1.